The first-order valence-electron chi connectivity index (χ1n) is 7.19. The molecule has 0 radical (unpaired) electrons. The van der Waals surface area contributed by atoms with Crippen molar-refractivity contribution in [2.45, 2.75) is 45.1 Å². The van der Waals surface area contributed by atoms with Gasteiger partial charge in [-0.15, -0.1) is 0 Å². The minimum atomic E-state index is -0.751. The van der Waals surface area contributed by atoms with Crippen molar-refractivity contribution in [3.63, 3.8) is 0 Å². The number of benzene rings is 1. The summed E-state index contributed by atoms with van der Waals surface area (Å²) in [6.07, 6.45) is -1.50. The predicted octanol–water partition coefficient (Wildman–Crippen LogP) is 0.988. The molecule has 1 fully saturated rings. The van der Waals surface area contributed by atoms with Crippen molar-refractivity contribution in [3.8, 4) is 6.07 Å². The second-order valence-electron chi connectivity index (χ2n) is 6.61. The average molecular weight is 289 g/mol. The molecular formula is C16H23N3O2. The molecule has 2 atom stereocenters. The highest BCUT2D eigenvalue weighted by Crippen LogP contribution is 2.25. The third-order valence-electron chi connectivity index (χ3n) is 3.60. The van der Waals surface area contributed by atoms with Crippen LogP contribution in [0.1, 0.15) is 31.9 Å². The first kappa shape index (κ1) is 15.8. The van der Waals surface area contributed by atoms with E-state index < -0.39 is 12.2 Å². The molecule has 0 aromatic heterocycles. The van der Waals surface area contributed by atoms with Crippen molar-refractivity contribution < 1.29 is 10.2 Å². The number of aliphatic hydroxyl groups is 2. The Morgan fingerprint density at radius 2 is 1.90 bits per heavy atom. The topological polar surface area (TPSA) is 79.5 Å². The van der Waals surface area contributed by atoms with E-state index in [1.807, 2.05) is 23.1 Å². The molecule has 0 aliphatic carbocycles. The summed E-state index contributed by atoms with van der Waals surface area (Å²) in [5, 5.41) is 32.0. The molecule has 1 aliphatic heterocycles. The molecule has 1 heterocycles. The molecule has 5 heteroatoms. The lowest BCUT2D eigenvalue weighted by Crippen LogP contribution is -2.35. The minimum absolute atomic E-state index is 0.0225. The van der Waals surface area contributed by atoms with Crippen LogP contribution in [0.5, 0.6) is 0 Å². The Morgan fingerprint density at radius 1 is 1.29 bits per heavy atom. The summed E-state index contributed by atoms with van der Waals surface area (Å²) in [6.45, 7) is 7.70. The van der Waals surface area contributed by atoms with Gasteiger partial charge in [0.1, 0.15) is 6.07 Å². The Labute approximate surface area is 125 Å². The number of nitrogens with one attached hydrogen (secondary N) is 1. The highest BCUT2D eigenvalue weighted by atomic mass is 16.3. The Bertz CT molecular complexity index is 535. The van der Waals surface area contributed by atoms with Crippen LogP contribution < -0.4 is 10.2 Å². The molecule has 1 aromatic rings. The molecule has 1 aromatic carbocycles. The maximum atomic E-state index is 9.64. The van der Waals surface area contributed by atoms with Crippen LogP contribution in [0.2, 0.25) is 0 Å². The lowest BCUT2D eigenvalue weighted by Gasteiger charge is -2.22. The van der Waals surface area contributed by atoms with Crippen molar-refractivity contribution in [1.82, 2.24) is 5.32 Å². The van der Waals surface area contributed by atoms with Gasteiger partial charge in [-0.1, -0.05) is 6.07 Å². The van der Waals surface area contributed by atoms with Gasteiger partial charge in [0.05, 0.1) is 23.5 Å². The molecule has 114 valence electrons. The largest absolute Gasteiger partial charge is 0.389 e. The van der Waals surface area contributed by atoms with Crippen LogP contribution in [-0.2, 0) is 6.54 Å². The number of rotatable bonds is 3. The van der Waals surface area contributed by atoms with Crippen LogP contribution in [0.4, 0.5) is 5.69 Å². The van der Waals surface area contributed by atoms with E-state index in [0.29, 0.717) is 25.2 Å². The second-order valence-corrected chi connectivity index (χ2v) is 6.61. The van der Waals surface area contributed by atoms with Gasteiger partial charge in [-0.2, -0.15) is 5.26 Å². The molecule has 2 unspecified atom stereocenters. The Balaban J connectivity index is 2.16. The minimum Gasteiger partial charge on any atom is -0.389 e. The van der Waals surface area contributed by atoms with Crippen LogP contribution in [0, 0.1) is 11.3 Å². The fourth-order valence-electron chi connectivity index (χ4n) is 2.39. The highest BCUT2D eigenvalue weighted by Gasteiger charge is 2.30. The summed E-state index contributed by atoms with van der Waals surface area (Å²) >= 11 is 0. The van der Waals surface area contributed by atoms with Gasteiger partial charge in [0, 0.05) is 25.2 Å². The van der Waals surface area contributed by atoms with Crippen LogP contribution in [-0.4, -0.2) is 41.0 Å². The molecular weight excluding hydrogens is 266 g/mol. The Kier molecular flexibility index (Phi) is 4.52. The molecule has 21 heavy (non-hydrogen) atoms. The summed E-state index contributed by atoms with van der Waals surface area (Å²) in [4.78, 5) is 1.86. The summed E-state index contributed by atoms with van der Waals surface area (Å²) in [5.74, 6) is 0. The molecule has 0 spiro atoms. The van der Waals surface area contributed by atoms with Crippen molar-refractivity contribution in [2.75, 3.05) is 18.0 Å². The van der Waals surface area contributed by atoms with Crippen LogP contribution in [0.15, 0.2) is 18.2 Å². The predicted molar refractivity (Wildman–Crippen MR) is 82.0 cm³/mol. The summed E-state index contributed by atoms with van der Waals surface area (Å²) in [6, 6.07) is 7.94. The van der Waals surface area contributed by atoms with Crippen molar-refractivity contribution in [1.29, 1.82) is 5.26 Å². The first-order valence-corrected chi connectivity index (χ1v) is 7.19. The van der Waals surface area contributed by atoms with Gasteiger partial charge in [0.2, 0.25) is 0 Å². The molecule has 0 saturated carbocycles. The number of β-amino-alcohol motifs (C(OH)–C–C–N with tert-alkyl or cyclic N) is 2. The van der Waals surface area contributed by atoms with E-state index >= 15 is 0 Å². The van der Waals surface area contributed by atoms with E-state index in [9.17, 15) is 15.5 Å². The zero-order valence-electron chi connectivity index (χ0n) is 12.8. The van der Waals surface area contributed by atoms with Crippen LogP contribution in [0.25, 0.3) is 0 Å². The standard InChI is InChI=1S/C16H23N3O2/c1-16(2,3)18-8-11-4-5-13(12(6-11)7-17)19-9-14(20)15(21)10-19/h4-6,14-15,18,20-21H,8-10H2,1-3H3. The maximum absolute atomic E-state index is 9.64. The van der Waals surface area contributed by atoms with Gasteiger partial charge in [0.15, 0.2) is 0 Å². The van der Waals surface area contributed by atoms with Crippen molar-refractivity contribution in [3.05, 3.63) is 29.3 Å². The van der Waals surface area contributed by atoms with Gasteiger partial charge in [-0.3, -0.25) is 0 Å². The molecule has 0 bridgehead atoms. The molecule has 0 amide bonds. The fraction of sp³-hybridized carbons (Fsp3) is 0.562. The van der Waals surface area contributed by atoms with E-state index in [2.05, 4.69) is 32.2 Å². The molecule has 2 rings (SSSR count). The van der Waals surface area contributed by atoms with Crippen LogP contribution in [0.3, 0.4) is 0 Å². The zero-order valence-corrected chi connectivity index (χ0v) is 12.8. The quantitative estimate of drug-likeness (QED) is 0.773. The normalized spacial score (nSPS) is 22.4. The fourth-order valence-corrected chi connectivity index (χ4v) is 2.39. The summed E-state index contributed by atoms with van der Waals surface area (Å²) in [5.41, 5.74) is 2.41. The van der Waals surface area contributed by atoms with E-state index in [0.717, 1.165) is 11.3 Å². The lowest BCUT2D eigenvalue weighted by molar-refractivity contribution is 0.0572. The molecule has 1 saturated heterocycles. The van der Waals surface area contributed by atoms with Crippen molar-refractivity contribution in [2.24, 2.45) is 0 Å². The lowest BCUT2D eigenvalue weighted by atomic mass is 10.1. The van der Waals surface area contributed by atoms with Crippen LogP contribution >= 0.6 is 0 Å². The number of nitrogens with zero attached hydrogens (tertiary/aromatic N) is 2. The highest BCUT2D eigenvalue weighted by molar-refractivity contribution is 5.61. The number of nitriles is 1. The first-order chi connectivity index (χ1) is 9.80. The third kappa shape index (κ3) is 3.94. The third-order valence-corrected chi connectivity index (χ3v) is 3.60. The maximum Gasteiger partial charge on any atom is 0.101 e. The van der Waals surface area contributed by atoms with Gasteiger partial charge in [-0.05, 0) is 38.5 Å². The van der Waals surface area contributed by atoms with E-state index in [4.69, 9.17) is 0 Å². The molecule has 1 aliphatic rings. The van der Waals surface area contributed by atoms with Gasteiger partial charge < -0.3 is 20.4 Å². The SMILES string of the molecule is CC(C)(C)NCc1ccc(N2CC(O)C(O)C2)c(C#N)c1. The Morgan fingerprint density at radius 3 is 2.43 bits per heavy atom. The molecule has 5 nitrogen and oxygen atoms in total. The van der Waals surface area contributed by atoms with Crippen molar-refractivity contribution >= 4 is 5.69 Å². The zero-order chi connectivity index (χ0) is 15.6. The number of hydrogen-bond donors (Lipinski definition) is 3. The van der Waals surface area contributed by atoms with E-state index in [1.54, 1.807) is 0 Å². The summed E-state index contributed by atoms with van der Waals surface area (Å²) < 4.78 is 0. The monoisotopic (exact) mass is 289 g/mol. The summed E-state index contributed by atoms with van der Waals surface area (Å²) in [7, 11) is 0. The van der Waals surface area contributed by atoms with Gasteiger partial charge >= 0.3 is 0 Å². The average Bonchev–Trinajstić information content (AvgIpc) is 2.75. The van der Waals surface area contributed by atoms with E-state index in [-0.39, 0.29) is 5.54 Å². The second kappa shape index (κ2) is 6.02. The smallest absolute Gasteiger partial charge is 0.101 e. The van der Waals surface area contributed by atoms with Gasteiger partial charge in [0.25, 0.3) is 0 Å². The number of hydrogen-bond acceptors (Lipinski definition) is 5. The molecule has 3 N–H and O–H groups in total. The number of aliphatic hydroxyl groups excluding tert-OH is 2. The van der Waals surface area contributed by atoms with Gasteiger partial charge in [-0.25, -0.2) is 0 Å². The Hall–Kier alpha value is -1.61. The number of anilines is 1. The van der Waals surface area contributed by atoms with E-state index in [1.165, 1.54) is 0 Å².